The molecular formula is C21H39N7O. The van der Waals surface area contributed by atoms with E-state index in [-0.39, 0.29) is 11.6 Å². The van der Waals surface area contributed by atoms with Crippen LogP contribution in [0, 0.1) is 0 Å². The highest BCUT2D eigenvalue weighted by Gasteiger charge is 2.38. The Kier molecular flexibility index (Phi) is 7.91. The van der Waals surface area contributed by atoms with E-state index in [1.807, 2.05) is 25.0 Å². The zero-order chi connectivity index (χ0) is 20.7. The number of hydrogen-bond donors (Lipinski definition) is 2. The molecule has 0 aromatic carbocycles. The van der Waals surface area contributed by atoms with E-state index in [1.54, 1.807) is 0 Å². The van der Waals surface area contributed by atoms with Crippen LogP contribution in [0.2, 0.25) is 0 Å². The third kappa shape index (κ3) is 5.71. The van der Waals surface area contributed by atoms with Crippen LogP contribution in [0.25, 0.3) is 0 Å². The highest BCUT2D eigenvalue weighted by atomic mass is 16.5. The zero-order valence-corrected chi connectivity index (χ0v) is 18.7. The second-order valence-electron chi connectivity index (χ2n) is 8.62. The van der Waals surface area contributed by atoms with Crippen molar-refractivity contribution in [3.63, 3.8) is 0 Å². The summed E-state index contributed by atoms with van der Waals surface area (Å²) in [6.07, 6.45) is 10.5. The van der Waals surface area contributed by atoms with Crippen molar-refractivity contribution in [3.8, 4) is 0 Å². The number of nitrogens with zero attached hydrogens (tertiary/aromatic N) is 5. The second kappa shape index (κ2) is 10.4. The molecule has 1 unspecified atom stereocenters. The van der Waals surface area contributed by atoms with E-state index in [0.29, 0.717) is 0 Å². The minimum Gasteiger partial charge on any atom is -0.379 e. The summed E-state index contributed by atoms with van der Waals surface area (Å²) in [4.78, 5) is 9.37. The fourth-order valence-corrected chi connectivity index (χ4v) is 4.73. The van der Waals surface area contributed by atoms with Crippen molar-refractivity contribution in [2.45, 2.75) is 43.7 Å². The number of ether oxygens (including phenoxy) is 1. The summed E-state index contributed by atoms with van der Waals surface area (Å²) >= 11 is 0. The van der Waals surface area contributed by atoms with Crippen LogP contribution in [-0.2, 0) is 11.8 Å². The van der Waals surface area contributed by atoms with Crippen LogP contribution in [0.3, 0.4) is 0 Å². The van der Waals surface area contributed by atoms with Crippen molar-refractivity contribution < 1.29 is 4.74 Å². The lowest BCUT2D eigenvalue weighted by molar-refractivity contribution is -0.0352. The standard InChI is InChI=1S/C21H39N7O/c1-22-20(23-15-19(26(2)3)18-14-25-27(4)16-18)24-17-21(8-6-5-7-9-21)28-10-12-29-13-11-28/h14,16,19H,5-13,15,17H2,1-4H3,(H2,22,23,24). The van der Waals surface area contributed by atoms with E-state index in [4.69, 9.17) is 4.74 Å². The number of aliphatic imine (C=N–C) groups is 1. The highest BCUT2D eigenvalue weighted by molar-refractivity contribution is 5.79. The smallest absolute Gasteiger partial charge is 0.191 e. The van der Waals surface area contributed by atoms with Gasteiger partial charge in [0.2, 0.25) is 0 Å². The molecule has 2 heterocycles. The average Bonchev–Trinajstić information content (AvgIpc) is 3.17. The van der Waals surface area contributed by atoms with Gasteiger partial charge in [-0.25, -0.2) is 0 Å². The molecule has 1 aromatic heterocycles. The van der Waals surface area contributed by atoms with Crippen molar-refractivity contribution in [2.24, 2.45) is 12.0 Å². The topological polar surface area (TPSA) is 70.0 Å². The Bertz CT molecular complexity index is 645. The van der Waals surface area contributed by atoms with Crippen LogP contribution in [0.4, 0.5) is 0 Å². The number of aryl methyl sites for hydroxylation is 1. The molecule has 0 radical (unpaired) electrons. The largest absolute Gasteiger partial charge is 0.379 e. The number of aromatic nitrogens is 2. The fourth-order valence-electron chi connectivity index (χ4n) is 4.73. The maximum absolute atomic E-state index is 5.60. The Balaban J connectivity index is 1.59. The molecule has 0 amide bonds. The summed E-state index contributed by atoms with van der Waals surface area (Å²) < 4.78 is 7.46. The van der Waals surface area contributed by atoms with Gasteiger partial charge < -0.3 is 20.3 Å². The molecule has 1 aromatic rings. The van der Waals surface area contributed by atoms with E-state index >= 15 is 0 Å². The Morgan fingerprint density at radius 1 is 1.24 bits per heavy atom. The minimum absolute atomic E-state index is 0.226. The van der Waals surface area contributed by atoms with Crippen molar-refractivity contribution in [3.05, 3.63) is 18.0 Å². The van der Waals surface area contributed by atoms with Crippen LogP contribution in [-0.4, -0.2) is 91.6 Å². The van der Waals surface area contributed by atoms with E-state index in [1.165, 1.54) is 37.7 Å². The average molecular weight is 406 g/mol. The molecule has 29 heavy (non-hydrogen) atoms. The third-order valence-corrected chi connectivity index (χ3v) is 6.47. The van der Waals surface area contributed by atoms with Crippen LogP contribution in [0.5, 0.6) is 0 Å². The molecule has 1 saturated carbocycles. The van der Waals surface area contributed by atoms with E-state index in [0.717, 1.165) is 45.4 Å². The fraction of sp³-hybridized carbons (Fsp3) is 0.810. The summed E-state index contributed by atoms with van der Waals surface area (Å²) in [7, 11) is 8.02. The molecule has 1 aliphatic carbocycles. The zero-order valence-electron chi connectivity index (χ0n) is 18.7. The Morgan fingerprint density at radius 3 is 2.55 bits per heavy atom. The van der Waals surface area contributed by atoms with Gasteiger partial charge in [-0.1, -0.05) is 19.3 Å². The third-order valence-electron chi connectivity index (χ3n) is 6.47. The Morgan fingerprint density at radius 2 is 1.97 bits per heavy atom. The van der Waals surface area contributed by atoms with Crippen molar-refractivity contribution in [1.29, 1.82) is 0 Å². The van der Waals surface area contributed by atoms with Gasteiger partial charge in [0, 0.05) is 57.6 Å². The normalized spacial score (nSPS) is 21.9. The Hall–Kier alpha value is -1.64. The van der Waals surface area contributed by atoms with Gasteiger partial charge in [-0.2, -0.15) is 5.10 Å². The van der Waals surface area contributed by atoms with Gasteiger partial charge in [-0.05, 0) is 26.9 Å². The quantitative estimate of drug-likeness (QED) is 0.525. The first-order valence-electron chi connectivity index (χ1n) is 11.0. The van der Waals surface area contributed by atoms with Gasteiger partial charge in [0.05, 0.1) is 25.5 Å². The lowest BCUT2D eigenvalue weighted by Crippen LogP contribution is -2.60. The van der Waals surface area contributed by atoms with Crippen LogP contribution >= 0.6 is 0 Å². The maximum Gasteiger partial charge on any atom is 0.191 e. The molecule has 1 aliphatic heterocycles. The van der Waals surface area contributed by atoms with Gasteiger partial charge in [-0.15, -0.1) is 0 Å². The number of rotatable bonds is 7. The molecule has 8 nitrogen and oxygen atoms in total. The van der Waals surface area contributed by atoms with E-state index in [2.05, 4.69) is 50.8 Å². The predicted octanol–water partition coefficient (Wildman–Crippen LogP) is 1.22. The van der Waals surface area contributed by atoms with Crippen molar-refractivity contribution in [2.75, 3.05) is 60.5 Å². The van der Waals surface area contributed by atoms with Gasteiger partial charge >= 0.3 is 0 Å². The van der Waals surface area contributed by atoms with Gasteiger partial charge in [0.15, 0.2) is 5.96 Å². The molecule has 0 spiro atoms. The number of nitrogens with one attached hydrogen (secondary N) is 2. The first-order valence-corrected chi connectivity index (χ1v) is 11.0. The molecular weight excluding hydrogens is 366 g/mol. The summed E-state index contributed by atoms with van der Waals surface area (Å²) in [5, 5.41) is 11.5. The molecule has 164 valence electrons. The number of morpholine rings is 1. The van der Waals surface area contributed by atoms with E-state index in [9.17, 15) is 0 Å². The first kappa shape index (κ1) is 22.1. The SMILES string of the molecule is CN=C(NCC(c1cnn(C)c1)N(C)C)NCC1(N2CCOCC2)CCCCC1. The van der Waals surface area contributed by atoms with Crippen LogP contribution in [0.15, 0.2) is 17.4 Å². The number of hydrogen-bond acceptors (Lipinski definition) is 5. The first-order chi connectivity index (χ1) is 14.0. The monoisotopic (exact) mass is 405 g/mol. The number of likely N-dealkylation sites (N-methyl/N-ethyl adjacent to an activating group) is 1. The van der Waals surface area contributed by atoms with Gasteiger partial charge in [-0.3, -0.25) is 14.6 Å². The molecule has 8 heteroatoms. The van der Waals surface area contributed by atoms with Gasteiger partial charge in [0.1, 0.15) is 0 Å². The van der Waals surface area contributed by atoms with Crippen molar-refractivity contribution in [1.82, 2.24) is 30.2 Å². The molecule has 1 atom stereocenters. The molecule has 2 N–H and O–H groups in total. The van der Waals surface area contributed by atoms with Gasteiger partial charge in [0.25, 0.3) is 0 Å². The highest BCUT2D eigenvalue weighted by Crippen LogP contribution is 2.33. The maximum atomic E-state index is 5.60. The molecule has 2 aliphatic rings. The summed E-state index contributed by atoms with van der Waals surface area (Å²) in [6, 6.07) is 0.241. The lowest BCUT2D eigenvalue weighted by Gasteiger charge is -2.48. The number of guanidine groups is 1. The van der Waals surface area contributed by atoms with E-state index < -0.39 is 0 Å². The van der Waals surface area contributed by atoms with Crippen molar-refractivity contribution >= 4 is 5.96 Å². The molecule has 2 fully saturated rings. The lowest BCUT2D eigenvalue weighted by atomic mass is 9.80. The Labute approximate surface area is 175 Å². The second-order valence-corrected chi connectivity index (χ2v) is 8.62. The summed E-state index contributed by atoms with van der Waals surface area (Å²) in [5.74, 6) is 0.874. The van der Waals surface area contributed by atoms with Crippen LogP contribution < -0.4 is 10.6 Å². The summed E-state index contributed by atoms with van der Waals surface area (Å²) in [5.41, 5.74) is 1.43. The van der Waals surface area contributed by atoms with Crippen LogP contribution in [0.1, 0.15) is 43.7 Å². The molecule has 1 saturated heterocycles. The predicted molar refractivity (Wildman–Crippen MR) is 117 cm³/mol. The molecule has 0 bridgehead atoms. The minimum atomic E-state index is 0.226. The molecule has 3 rings (SSSR count). The summed E-state index contributed by atoms with van der Waals surface area (Å²) in [6.45, 7) is 5.50.